The Morgan fingerprint density at radius 1 is 0.489 bits per heavy atom. The van der Waals surface area contributed by atoms with E-state index in [2.05, 4.69) is 168 Å². The molecule has 0 aliphatic heterocycles. The van der Waals surface area contributed by atoms with E-state index in [0.29, 0.717) is 0 Å². The van der Waals surface area contributed by atoms with E-state index >= 15 is 0 Å². The Labute approximate surface area is 265 Å². The molecule has 0 aliphatic rings. The van der Waals surface area contributed by atoms with Gasteiger partial charge in [0.1, 0.15) is 10.3 Å². The second-order valence-corrected chi connectivity index (χ2v) is 16.1. The zero-order valence-corrected chi connectivity index (χ0v) is 26.2. The molecule has 6 aromatic carbocycles. The molecule has 9 rings (SSSR count). The van der Waals surface area contributed by atoms with Gasteiger partial charge in [-0.15, -0.1) is 11.3 Å². The normalized spacial score (nSPS) is 12.0. The van der Waals surface area contributed by atoms with Gasteiger partial charge in [-0.2, -0.15) is 0 Å². The zero-order valence-electron chi connectivity index (χ0n) is 24.3. The maximum atomic E-state index is 5.52. The highest BCUT2D eigenvalue weighted by molar-refractivity contribution is 7.25. The van der Waals surface area contributed by atoms with Gasteiger partial charge in [-0.25, -0.2) is 9.97 Å². The van der Waals surface area contributed by atoms with E-state index in [1.54, 1.807) is 11.3 Å². The molecule has 3 aromatic heterocycles. The Bertz CT molecular complexity index is 2340. The van der Waals surface area contributed by atoms with Crippen molar-refractivity contribution in [2.75, 3.05) is 0 Å². The molecular formula is C40H27N3SSi. The van der Waals surface area contributed by atoms with Crippen molar-refractivity contribution in [3.05, 3.63) is 164 Å². The minimum Gasteiger partial charge on any atom is -0.309 e. The van der Waals surface area contributed by atoms with Gasteiger partial charge in [0.15, 0.2) is 0 Å². The molecule has 0 saturated heterocycles. The summed E-state index contributed by atoms with van der Waals surface area (Å²) in [6.07, 6.45) is 2.09. The summed E-state index contributed by atoms with van der Waals surface area (Å²) in [6, 6.07) is 56.6. The Morgan fingerprint density at radius 2 is 1.00 bits per heavy atom. The molecule has 0 spiro atoms. The van der Waals surface area contributed by atoms with Gasteiger partial charge in [-0.3, -0.25) is 0 Å². The smallest absolute Gasteiger partial charge is 0.226 e. The number of hydrogen-bond donors (Lipinski definition) is 0. The Kier molecular flexibility index (Phi) is 6.01. The van der Waals surface area contributed by atoms with Crippen LogP contribution >= 0.6 is 11.3 Å². The van der Waals surface area contributed by atoms with Crippen LogP contribution < -0.4 is 21.0 Å². The van der Waals surface area contributed by atoms with E-state index in [1.165, 1.54) is 47.5 Å². The molecule has 0 amide bonds. The summed E-state index contributed by atoms with van der Waals surface area (Å²) in [4.78, 5) is 11.9. The third kappa shape index (κ3) is 3.88. The quantitative estimate of drug-likeness (QED) is 0.151. The van der Waals surface area contributed by atoms with Crippen LogP contribution in [0.5, 0.6) is 0 Å². The molecule has 212 valence electrons. The summed E-state index contributed by atoms with van der Waals surface area (Å²) in [5.74, 6) is 0. The van der Waals surface area contributed by atoms with Crippen LogP contribution in [0, 0.1) is 0 Å². The Morgan fingerprint density at radius 3 is 1.56 bits per heavy atom. The Balaban J connectivity index is 1.35. The van der Waals surface area contributed by atoms with Crippen molar-refractivity contribution >= 4 is 82.5 Å². The van der Waals surface area contributed by atoms with Gasteiger partial charge in [0.25, 0.3) is 0 Å². The molecule has 0 unspecified atom stereocenters. The van der Waals surface area contributed by atoms with Crippen LogP contribution in [-0.2, 0) is 0 Å². The summed E-state index contributed by atoms with van der Waals surface area (Å²) in [7, 11) is -2.83. The highest BCUT2D eigenvalue weighted by Crippen LogP contribution is 2.39. The molecular weight excluding hydrogens is 583 g/mol. The highest BCUT2D eigenvalue weighted by atomic mass is 32.1. The first-order valence-electron chi connectivity index (χ1n) is 15.2. The largest absolute Gasteiger partial charge is 0.309 e. The third-order valence-electron chi connectivity index (χ3n) is 9.01. The van der Waals surface area contributed by atoms with Gasteiger partial charge in [0, 0.05) is 32.4 Å². The van der Waals surface area contributed by atoms with E-state index in [0.717, 1.165) is 21.4 Å². The summed E-state index contributed by atoms with van der Waals surface area (Å²) in [6.45, 7) is 0. The SMILES string of the molecule is c1ccc([Si](c2ccccc2)(c2ccccc2)c2ncc3c(n2)sc2cccc(-n4c5ccccc5c5ccccc54)c23)cc1. The van der Waals surface area contributed by atoms with Crippen LogP contribution in [0.2, 0.25) is 0 Å². The number of fused-ring (bicyclic) bond motifs is 6. The van der Waals surface area contributed by atoms with Crippen molar-refractivity contribution in [3.63, 3.8) is 0 Å². The summed E-state index contributed by atoms with van der Waals surface area (Å²) >= 11 is 1.76. The molecule has 0 bridgehead atoms. The van der Waals surface area contributed by atoms with Crippen LogP contribution in [0.3, 0.4) is 0 Å². The monoisotopic (exact) mass is 609 g/mol. The highest BCUT2D eigenvalue weighted by Gasteiger charge is 2.44. The van der Waals surface area contributed by atoms with Gasteiger partial charge < -0.3 is 4.57 Å². The minimum absolute atomic E-state index is 0.906. The fourth-order valence-electron chi connectivity index (χ4n) is 7.10. The van der Waals surface area contributed by atoms with Crippen LogP contribution in [0.1, 0.15) is 0 Å². The zero-order chi connectivity index (χ0) is 29.8. The molecule has 3 nitrogen and oxygen atoms in total. The van der Waals surface area contributed by atoms with Gasteiger partial charge in [0.05, 0.1) is 16.7 Å². The van der Waals surface area contributed by atoms with E-state index in [1.807, 2.05) is 0 Å². The first-order valence-corrected chi connectivity index (χ1v) is 18.0. The van der Waals surface area contributed by atoms with Crippen LogP contribution in [0.15, 0.2) is 164 Å². The third-order valence-corrected chi connectivity index (χ3v) is 14.6. The average Bonchev–Trinajstić information content (AvgIpc) is 3.66. The number of para-hydroxylation sites is 2. The van der Waals surface area contributed by atoms with Gasteiger partial charge in [0.2, 0.25) is 8.07 Å². The Hall–Kier alpha value is -5.36. The molecule has 45 heavy (non-hydrogen) atoms. The number of hydrogen-bond acceptors (Lipinski definition) is 3. The van der Waals surface area contributed by atoms with Crippen LogP contribution in [0.4, 0.5) is 0 Å². The summed E-state index contributed by atoms with van der Waals surface area (Å²) in [5.41, 5.74) is 4.47. The lowest BCUT2D eigenvalue weighted by atomic mass is 10.1. The van der Waals surface area contributed by atoms with Crippen LogP contribution in [-0.4, -0.2) is 22.6 Å². The molecule has 0 aliphatic carbocycles. The average molecular weight is 610 g/mol. The molecule has 0 atom stereocenters. The fraction of sp³-hybridized carbons (Fsp3) is 0. The fourth-order valence-corrected chi connectivity index (χ4v) is 12.6. The maximum absolute atomic E-state index is 5.52. The molecule has 0 fully saturated rings. The molecule has 3 heterocycles. The van der Waals surface area contributed by atoms with Crippen molar-refractivity contribution < 1.29 is 0 Å². The second-order valence-electron chi connectivity index (χ2n) is 11.4. The van der Waals surface area contributed by atoms with Gasteiger partial charge in [-0.05, 0) is 39.8 Å². The second kappa shape index (κ2) is 10.4. The van der Waals surface area contributed by atoms with E-state index in [9.17, 15) is 0 Å². The first-order chi connectivity index (χ1) is 22.3. The van der Waals surface area contributed by atoms with Gasteiger partial charge in [-0.1, -0.05) is 133 Å². The number of aromatic nitrogens is 3. The predicted molar refractivity (Wildman–Crippen MR) is 193 cm³/mol. The maximum Gasteiger partial charge on any atom is 0.226 e. The van der Waals surface area contributed by atoms with E-state index < -0.39 is 8.07 Å². The standard InChI is InChI=1S/C40H27N3SSi/c1-4-15-28(16-5-1)45(29-17-6-2-7-18-29,30-19-8-3-9-20-30)40-41-27-33-38-36(25-14-26-37(38)44-39(33)42-40)43-34-23-12-10-21-31(34)32-22-11-13-24-35(32)43/h1-27H. The molecule has 0 saturated carbocycles. The minimum atomic E-state index is -2.83. The lowest BCUT2D eigenvalue weighted by molar-refractivity contribution is 1.20. The predicted octanol–water partition coefficient (Wildman–Crippen LogP) is 7.32. The van der Waals surface area contributed by atoms with Crippen molar-refractivity contribution in [1.82, 2.24) is 14.5 Å². The number of benzene rings is 6. The molecule has 9 aromatic rings. The van der Waals surface area contributed by atoms with Crippen LogP contribution in [0.25, 0.3) is 47.8 Å². The summed E-state index contributed by atoms with van der Waals surface area (Å²) in [5, 5.41) is 8.62. The molecule has 0 N–H and O–H groups in total. The van der Waals surface area contributed by atoms with Crippen molar-refractivity contribution in [2.24, 2.45) is 0 Å². The number of nitrogens with zero attached hydrogens (tertiary/aromatic N) is 3. The lowest BCUT2D eigenvalue weighted by Gasteiger charge is -2.31. The van der Waals surface area contributed by atoms with Crippen molar-refractivity contribution in [1.29, 1.82) is 0 Å². The topological polar surface area (TPSA) is 30.7 Å². The summed E-state index contributed by atoms with van der Waals surface area (Å²) < 4.78 is 3.62. The lowest BCUT2D eigenvalue weighted by Crippen LogP contribution is -2.76. The van der Waals surface area contributed by atoms with E-state index in [-0.39, 0.29) is 0 Å². The van der Waals surface area contributed by atoms with Gasteiger partial charge >= 0.3 is 0 Å². The van der Waals surface area contributed by atoms with Crippen molar-refractivity contribution in [3.8, 4) is 5.69 Å². The number of thiophene rings is 1. The first kappa shape index (κ1) is 26.1. The molecule has 5 heteroatoms. The molecule has 0 radical (unpaired) electrons. The van der Waals surface area contributed by atoms with E-state index in [4.69, 9.17) is 9.97 Å². The van der Waals surface area contributed by atoms with Crippen molar-refractivity contribution in [2.45, 2.75) is 0 Å². The number of rotatable bonds is 5.